The summed E-state index contributed by atoms with van der Waals surface area (Å²) in [5, 5.41) is 5.66. The lowest BCUT2D eigenvalue weighted by atomic mass is 10.2. The van der Waals surface area contributed by atoms with Gasteiger partial charge in [-0.05, 0) is 18.6 Å². The number of anilines is 1. The average Bonchev–Trinajstić information content (AvgIpc) is 2.44. The summed E-state index contributed by atoms with van der Waals surface area (Å²) in [6.45, 7) is 2.49. The number of ether oxygens (including phenoxy) is 1. The summed E-state index contributed by atoms with van der Waals surface area (Å²) in [6, 6.07) is 3.37. The van der Waals surface area contributed by atoms with Crippen LogP contribution in [-0.4, -0.2) is 43.6 Å². The van der Waals surface area contributed by atoms with Crippen molar-refractivity contribution >= 4 is 11.7 Å². The second-order valence-electron chi connectivity index (χ2n) is 4.08. The van der Waals surface area contributed by atoms with Crippen LogP contribution in [0.2, 0.25) is 0 Å². The Labute approximate surface area is 116 Å². The molecule has 0 atom stereocenters. The van der Waals surface area contributed by atoms with Crippen LogP contribution in [0.3, 0.4) is 0 Å². The number of nitrogens with zero attached hydrogens (tertiary/aromatic N) is 1. The molecular weight excluding hydrogens is 268 g/mol. The monoisotopic (exact) mass is 287 g/mol. The van der Waals surface area contributed by atoms with Crippen molar-refractivity contribution in [2.75, 3.05) is 31.6 Å². The minimum atomic E-state index is -2.49. The van der Waals surface area contributed by atoms with Gasteiger partial charge in [-0.3, -0.25) is 4.79 Å². The first-order valence-corrected chi connectivity index (χ1v) is 6.47. The standard InChI is InChI=1S/C13H19F2N3O2/c1-2-5-16-12-4-3-10(8-18-12)13(19)17-6-7-20-9-11(14)15/h3-4,8,11H,2,5-7,9H2,1H3,(H,16,18)(H,17,19). The van der Waals surface area contributed by atoms with Crippen molar-refractivity contribution in [2.24, 2.45) is 0 Å². The van der Waals surface area contributed by atoms with Crippen LogP contribution in [0.4, 0.5) is 14.6 Å². The van der Waals surface area contributed by atoms with Gasteiger partial charge in [0.05, 0.1) is 12.2 Å². The molecule has 0 aliphatic carbocycles. The number of hydrogen-bond acceptors (Lipinski definition) is 4. The Morgan fingerprint density at radius 2 is 2.20 bits per heavy atom. The highest BCUT2D eigenvalue weighted by Gasteiger charge is 2.06. The van der Waals surface area contributed by atoms with Gasteiger partial charge < -0.3 is 15.4 Å². The van der Waals surface area contributed by atoms with Gasteiger partial charge in [0.1, 0.15) is 12.4 Å². The summed E-state index contributed by atoms with van der Waals surface area (Å²) >= 11 is 0. The molecular formula is C13H19F2N3O2. The molecule has 7 heteroatoms. The van der Waals surface area contributed by atoms with Crippen molar-refractivity contribution in [1.29, 1.82) is 0 Å². The summed E-state index contributed by atoms with van der Waals surface area (Å²) in [5.74, 6) is 0.406. The van der Waals surface area contributed by atoms with E-state index in [1.807, 2.05) is 6.92 Å². The van der Waals surface area contributed by atoms with Gasteiger partial charge in [0.15, 0.2) is 0 Å². The van der Waals surface area contributed by atoms with E-state index in [1.54, 1.807) is 12.1 Å². The summed E-state index contributed by atoms with van der Waals surface area (Å²) in [7, 11) is 0. The van der Waals surface area contributed by atoms with Crippen molar-refractivity contribution in [3.8, 4) is 0 Å². The molecule has 2 N–H and O–H groups in total. The number of carbonyl (C=O) groups excluding carboxylic acids is 1. The van der Waals surface area contributed by atoms with Crippen LogP contribution in [-0.2, 0) is 4.74 Å². The molecule has 0 radical (unpaired) electrons. The maximum atomic E-state index is 11.8. The number of aromatic nitrogens is 1. The molecule has 0 aromatic carbocycles. The number of amides is 1. The van der Waals surface area contributed by atoms with Crippen LogP contribution in [0.5, 0.6) is 0 Å². The van der Waals surface area contributed by atoms with Crippen LogP contribution in [0.25, 0.3) is 0 Å². The lowest BCUT2D eigenvalue weighted by molar-refractivity contribution is 0.0188. The van der Waals surface area contributed by atoms with E-state index < -0.39 is 13.0 Å². The first-order valence-electron chi connectivity index (χ1n) is 6.47. The fourth-order valence-corrected chi connectivity index (χ4v) is 1.40. The molecule has 0 fully saturated rings. The number of nitrogens with one attached hydrogen (secondary N) is 2. The highest BCUT2D eigenvalue weighted by atomic mass is 19.3. The van der Waals surface area contributed by atoms with E-state index in [0.29, 0.717) is 11.4 Å². The molecule has 0 bridgehead atoms. The van der Waals surface area contributed by atoms with Crippen LogP contribution >= 0.6 is 0 Å². The van der Waals surface area contributed by atoms with E-state index in [9.17, 15) is 13.6 Å². The molecule has 20 heavy (non-hydrogen) atoms. The SMILES string of the molecule is CCCNc1ccc(C(=O)NCCOCC(F)F)cn1. The molecule has 1 amide bonds. The second-order valence-corrected chi connectivity index (χ2v) is 4.08. The fourth-order valence-electron chi connectivity index (χ4n) is 1.40. The number of halogens is 2. The van der Waals surface area contributed by atoms with Gasteiger partial charge in [0.2, 0.25) is 0 Å². The van der Waals surface area contributed by atoms with E-state index in [0.717, 1.165) is 13.0 Å². The van der Waals surface area contributed by atoms with Gasteiger partial charge in [-0.1, -0.05) is 6.92 Å². The minimum absolute atomic E-state index is 0.0552. The molecule has 5 nitrogen and oxygen atoms in total. The predicted octanol–water partition coefficient (Wildman–Crippen LogP) is 1.91. The molecule has 0 saturated heterocycles. The van der Waals surface area contributed by atoms with Gasteiger partial charge in [0, 0.05) is 19.3 Å². The smallest absolute Gasteiger partial charge is 0.261 e. The number of alkyl halides is 2. The Morgan fingerprint density at radius 1 is 1.40 bits per heavy atom. The molecule has 1 heterocycles. The van der Waals surface area contributed by atoms with Crippen LogP contribution < -0.4 is 10.6 Å². The van der Waals surface area contributed by atoms with Gasteiger partial charge in [-0.25, -0.2) is 13.8 Å². The largest absolute Gasteiger partial charge is 0.374 e. The number of rotatable bonds is 9. The van der Waals surface area contributed by atoms with Crippen molar-refractivity contribution < 1.29 is 18.3 Å². The maximum Gasteiger partial charge on any atom is 0.261 e. The van der Waals surface area contributed by atoms with E-state index in [-0.39, 0.29) is 19.1 Å². The number of carbonyl (C=O) groups is 1. The predicted molar refractivity (Wildman–Crippen MR) is 72.2 cm³/mol. The number of pyridine rings is 1. The molecule has 1 aromatic rings. The Balaban J connectivity index is 2.29. The van der Waals surface area contributed by atoms with Crippen molar-refractivity contribution in [1.82, 2.24) is 10.3 Å². The van der Waals surface area contributed by atoms with Gasteiger partial charge in [0.25, 0.3) is 12.3 Å². The zero-order valence-electron chi connectivity index (χ0n) is 11.4. The third kappa shape index (κ3) is 6.42. The van der Waals surface area contributed by atoms with Crippen molar-refractivity contribution in [3.63, 3.8) is 0 Å². The fraction of sp³-hybridized carbons (Fsp3) is 0.538. The first kappa shape index (κ1) is 16.3. The Hall–Kier alpha value is -1.76. The summed E-state index contributed by atoms with van der Waals surface area (Å²) in [5.41, 5.74) is 0.418. The van der Waals surface area contributed by atoms with Crippen LogP contribution in [0.1, 0.15) is 23.7 Å². The molecule has 0 unspecified atom stereocenters. The Morgan fingerprint density at radius 3 is 2.80 bits per heavy atom. The quantitative estimate of drug-likeness (QED) is 0.681. The van der Waals surface area contributed by atoms with E-state index in [4.69, 9.17) is 0 Å². The molecule has 0 aliphatic heterocycles. The van der Waals surface area contributed by atoms with E-state index >= 15 is 0 Å². The highest BCUT2D eigenvalue weighted by Crippen LogP contribution is 2.04. The third-order valence-electron chi connectivity index (χ3n) is 2.36. The lowest BCUT2D eigenvalue weighted by Gasteiger charge is -2.07. The molecule has 1 rings (SSSR count). The summed E-state index contributed by atoms with van der Waals surface area (Å²) in [4.78, 5) is 15.8. The molecule has 0 saturated carbocycles. The van der Waals surface area contributed by atoms with Gasteiger partial charge >= 0.3 is 0 Å². The first-order chi connectivity index (χ1) is 9.63. The highest BCUT2D eigenvalue weighted by molar-refractivity contribution is 5.94. The summed E-state index contributed by atoms with van der Waals surface area (Å²) < 4.78 is 28.2. The third-order valence-corrected chi connectivity index (χ3v) is 2.36. The zero-order valence-corrected chi connectivity index (χ0v) is 11.4. The molecule has 1 aromatic heterocycles. The van der Waals surface area contributed by atoms with Gasteiger partial charge in [-0.15, -0.1) is 0 Å². The Bertz CT molecular complexity index is 399. The van der Waals surface area contributed by atoms with Gasteiger partial charge in [-0.2, -0.15) is 0 Å². The normalized spacial score (nSPS) is 10.6. The zero-order chi connectivity index (χ0) is 14.8. The van der Waals surface area contributed by atoms with E-state index in [2.05, 4.69) is 20.4 Å². The summed E-state index contributed by atoms with van der Waals surface area (Å²) in [6.07, 6.45) is -0.0337. The minimum Gasteiger partial charge on any atom is -0.374 e. The van der Waals surface area contributed by atoms with E-state index in [1.165, 1.54) is 6.20 Å². The average molecular weight is 287 g/mol. The number of hydrogen-bond donors (Lipinski definition) is 2. The molecule has 0 spiro atoms. The molecule has 112 valence electrons. The van der Waals surface area contributed by atoms with Crippen molar-refractivity contribution in [2.45, 2.75) is 19.8 Å². The van der Waals surface area contributed by atoms with Crippen LogP contribution in [0.15, 0.2) is 18.3 Å². The lowest BCUT2D eigenvalue weighted by Crippen LogP contribution is -2.27. The Kier molecular flexibility index (Phi) is 7.49. The maximum absolute atomic E-state index is 11.8. The molecule has 0 aliphatic rings. The second kappa shape index (κ2) is 9.19. The van der Waals surface area contributed by atoms with Crippen LogP contribution in [0, 0.1) is 0 Å². The van der Waals surface area contributed by atoms with Crippen molar-refractivity contribution in [3.05, 3.63) is 23.9 Å². The topological polar surface area (TPSA) is 63.2 Å².